The first-order valence-corrected chi connectivity index (χ1v) is 8.66. The molecule has 7 heteroatoms. The van der Waals surface area contributed by atoms with Gasteiger partial charge < -0.3 is 15.8 Å². The van der Waals surface area contributed by atoms with Crippen LogP contribution in [0.25, 0.3) is 0 Å². The van der Waals surface area contributed by atoms with Crippen LogP contribution in [0.5, 0.6) is 5.75 Å². The van der Waals surface area contributed by atoms with Crippen LogP contribution in [0.2, 0.25) is 5.02 Å². The van der Waals surface area contributed by atoms with E-state index in [4.69, 9.17) is 22.1 Å². The first-order valence-electron chi connectivity index (χ1n) is 7.46. The zero-order valence-corrected chi connectivity index (χ0v) is 15.2. The Bertz CT molecular complexity index is 940. The fourth-order valence-electron chi connectivity index (χ4n) is 2.39. The van der Waals surface area contributed by atoms with Crippen molar-refractivity contribution < 1.29 is 9.53 Å². The molecule has 0 saturated carbocycles. The minimum absolute atomic E-state index is 0.190. The van der Waals surface area contributed by atoms with Gasteiger partial charge in [0, 0.05) is 10.7 Å². The molecule has 0 aliphatic heterocycles. The lowest BCUT2D eigenvalue weighted by atomic mass is 10.1. The van der Waals surface area contributed by atoms with Crippen molar-refractivity contribution in [2.45, 2.75) is 6.92 Å². The molecule has 1 aromatic heterocycles. The van der Waals surface area contributed by atoms with Crippen LogP contribution >= 0.6 is 22.9 Å². The van der Waals surface area contributed by atoms with Crippen LogP contribution in [0.4, 0.5) is 16.6 Å². The Morgan fingerprint density at radius 3 is 2.76 bits per heavy atom. The molecule has 0 fully saturated rings. The maximum Gasteiger partial charge on any atom is 0.210 e. The summed E-state index contributed by atoms with van der Waals surface area (Å²) in [5.74, 6) is 0.478. The zero-order chi connectivity index (χ0) is 18.0. The number of ketones is 1. The van der Waals surface area contributed by atoms with E-state index in [2.05, 4.69) is 10.3 Å². The molecule has 0 atom stereocenters. The number of hydrogen-bond donors (Lipinski definition) is 2. The minimum atomic E-state index is -0.215. The molecule has 0 saturated heterocycles. The van der Waals surface area contributed by atoms with Crippen LogP contribution in [0.15, 0.2) is 42.5 Å². The molecule has 3 aromatic rings. The third-order valence-corrected chi connectivity index (χ3v) is 4.86. The zero-order valence-electron chi connectivity index (χ0n) is 13.7. The molecular weight excluding hydrogens is 358 g/mol. The Kier molecular flexibility index (Phi) is 4.92. The van der Waals surface area contributed by atoms with Crippen molar-refractivity contribution in [3.8, 4) is 5.75 Å². The minimum Gasteiger partial charge on any atom is -0.496 e. The number of benzene rings is 2. The fraction of sp³-hybridized carbons (Fsp3) is 0.111. The highest BCUT2D eigenvalue weighted by atomic mass is 35.5. The molecule has 5 nitrogen and oxygen atoms in total. The molecular formula is C18H16ClN3O2S. The van der Waals surface area contributed by atoms with Crippen molar-refractivity contribution in [3.63, 3.8) is 0 Å². The van der Waals surface area contributed by atoms with E-state index in [-0.39, 0.29) is 11.6 Å². The Morgan fingerprint density at radius 1 is 1.28 bits per heavy atom. The number of nitrogen functional groups attached to an aromatic ring is 1. The van der Waals surface area contributed by atoms with Gasteiger partial charge in [0.2, 0.25) is 5.78 Å². The molecule has 0 aliphatic carbocycles. The molecule has 1 heterocycles. The molecule has 128 valence electrons. The third-order valence-electron chi connectivity index (χ3n) is 3.64. The third kappa shape index (κ3) is 3.60. The Hall–Kier alpha value is -2.57. The summed E-state index contributed by atoms with van der Waals surface area (Å²) in [6.45, 7) is 1.94. The number of anilines is 3. The van der Waals surface area contributed by atoms with Gasteiger partial charge in [0.1, 0.15) is 16.4 Å². The topological polar surface area (TPSA) is 77.2 Å². The number of nitrogens with two attached hydrogens (primary N) is 1. The van der Waals surface area contributed by atoms with Gasteiger partial charge in [0.25, 0.3) is 0 Å². The summed E-state index contributed by atoms with van der Waals surface area (Å²) >= 11 is 7.17. The standard InChI is InChI=1S/C18H16ClN3O2S/c1-10-9-11(19)7-8-13(10)21-18-22-17(20)16(25-18)15(23)12-5-3-4-6-14(12)24-2/h3-9H,20H2,1-2H3,(H,21,22). The first-order chi connectivity index (χ1) is 12.0. The largest absolute Gasteiger partial charge is 0.496 e. The maximum absolute atomic E-state index is 12.8. The van der Waals surface area contributed by atoms with E-state index >= 15 is 0 Å². The molecule has 0 spiro atoms. The van der Waals surface area contributed by atoms with Crippen LogP contribution in [0, 0.1) is 6.92 Å². The van der Waals surface area contributed by atoms with Crippen molar-refractivity contribution in [1.29, 1.82) is 0 Å². The fourth-order valence-corrected chi connectivity index (χ4v) is 3.46. The molecule has 25 heavy (non-hydrogen) atoms. The van der Waals surface area contributed by atoms with E-state index in [9.17, 15) is 4.79 Å². The lowest BCUT2D eigenvalue weighted by molar-refractivity contribution is 0.104. The van der Waals surface area contributed by atoms with E-state index in [1.54, 1.807) is 24.3 Å². The number of hydrogen-bond acceptors (Lipinski definition) is 6. The van der Waals surface area contributed by atoms with Gasteiger partial charge in [-0.25, -0.2) is 4.98 Å². The van der Waals surface area contributed by atoms with Crippen molar-refractivity contribution in [2.75, 3.05) is 18.2 Å². The second-order valence-electron chi connectivity index (χ2n) is 5.35. The first kappa shape index (κ1) is 17.3. The number of nitrogens with one attached hydrogen (secondary N) is 1. The Balaban J connectivity index is 1.91. The normalized spacial score (nSPS) is 10.5. The predicted octanol–water partition coefficient (Wildman–Crippen LogP) is 4.67. The number of aromatic nitrogens is 1. The number of halogens is 1. The van der Waals surface area contributed by atoms with Crippen LogP contribution in [0.1, 0.15) is 20.8 Å². The van der Waals surface area contributed by atoms with Crippen molar-refractivity contribution in [3.05, 3.63) is 63.5 Å². The van der Waals surface area contributed by atoms with Gasteiger partial charge in [-0.2, -0.15) is 0 Å². The summed E-state index contributed by atoms with van der Waals surface area (Å²) in [5, 5.41) is 4.38. The molecule has 0 bridgehead atoms. The average molecular weight is 374 g/mol. The number of methoxy groups -OCH3 is 1. The number of para-hydroxylation sites is 1. The predicted molar refractivity (Wildman–Crippen MR) is 102 cm³/mol. The van der Waals surface area contributed by atoms with Gasteiger partial charge in [-0.05, 0) is 42.8 Å². The Morgan fingerprint density at radius 2 is 2.04 bits per heavy atom. The lowest BCUT2D eigenvalue weighted by Gasteiger charge is -2.06. The van der Waals surface area contributed by atoms with Gasteiger partial charge in [0.05, 0.1) is 12.7 Å². The number of aryl methyl sites for hydroxylation is 1. The number of carbonyl (C=O) groups excluding carboxylic acids is 1. The van der Waals surface area contributed by atoms with E-state index < -0.39 is 0 Å². The van der Waals surface area contributed by atoms with E-state index in [1.807, 2.05) is 25.1 Å². The molecule has 0 radical (unpaired) electrons. The highest BCUT2D eigenvalue weighted by Crippen LogP contribution is 2.32. The van der Waals surface area contributed by atoms with Gasteiger partial charge in [-0.3, -0.25) is 4.79 Å². The summed E-state index contributed by atoms with van der Waals surface area (Å²) in [6, 6.07) is 12.5. The summed E-state index contributed by atoms with van der Waals surface area (Å²) in [6.07, 6.45) is 0. The SMILES string of the molecule is COc1ccccc1C(=O)c1sc(Nc2ccc(Cl)cc2C)nc1N. The van der Waals surface area contributed by atoms with Crippen molar-refractivity contribution in [1.82, 2.24) is 4.98 Å². The highest BCUT2D eigenvalue weighted by Gasteiger charge is 2.21. The number of ether oxygens (including phenoxy) is 1. The molecule has 3 N–H and O–H groups in total. The summed E-state index contributed by atoms with van der Waals surface area (Å²) in [7, 11) is 1.53. The van der Waals surface area contributed by atoms with Gasteiger partial charge in [0.15, 0.2) is 5.13 Å². The van der Waals surface area contributed by atoms with E-state index in [0.717, 1.165) is 11.3 Å². The van der Waals surface area contributed by atoms with E-state index in [1.165, 1.54) is 18.4 Å². The Labute approximate surface area is 154 Å². The number of carbonyl (C=O) groups is 1. The molecule has 0 aliphatic rings. The molecule has 0 amide bonds. The molecule has 2 aromatic carbocycles. The van der Waals surface area contributed by atoms with Crippen molar-refractivity contribution >= 4 is 45.4 Å². The number of thiazole rings is 1. The highest BCUT2D eigenvalue weighted by molar-refractivity contribution is 7.18. The quantitative estimate of drug-likeness (QED) is 0.635. The number of nitrogens with zero attached hydrogens (tertiary/aromatic N) is 1. The van der Waals surface area contributed by atoms with Gasteiger partial charge >= 0.3 is 0 Å². The van der Waals surface area contributed by atoms with E-state index in [0.29, 0.717) is 26.3 Å². The van der Waals surface area contributed by atoms with Crippen LogP contribution < -0.4 is 15.8 Å². The average Bonchev–Trinajstić information content (AvgIpc) is 2.97. The van der Waals surface area contributed by atoms with Crippen molar-refractivity contribution in [2.24, 2.45) is 0 Å². The number of rotatable bonds is 5. The molecule has 3 rings (SSSR count). The summed E-state index contributed by atoms with van der Waals surface area (Å²) in [4.78, 5) is 17.4. The second-order valence-corrected chi connectivity index (χ2v) is 6.78. The van der Waals surface area contributed by atoms with Gasteiger partial charge in [-0.15, -0.1) is 0 Å². The smallest absolute Gasteiger partial charge is 0.210 e. The van der Waals surface area contributed by atoms with Gasteiger partial charge in [-0.1, -0.05) is 35.1 Å². The second kappa shape index (κ2) is 7.13. The summed E-state index contributed by atoms with van der Waals surface area (Å²) in [5.41, 5.74) is 8.24. The molecule has 0 unspecified atom stereocenters. The summed E-state index contributed by atoms with van der Waals surface area (Å²) < 4.78 is 5.25. The van der Waals surface area contributed by atoms with Crippen LogP contribution in [0.3, 0.4) is 0 Å². The monoisotopic (exact) mass is 373 g/mol. The maximum atomic E-state index is 12.8. The van der Waals surface area contributed by atoms with Crippen LogP contribution in [-0.4, -0.2) is 17.9 Å². The van der Waals surface area contributed by atoms with Crippen LogP contribution in [-0.2, 0) is 0 Å². The lowest BCUT2D eigenvalue weighted by Crippen LogP contribution is -2.04.